The number of anilines is 2. The predicted molar refractivity (Wildman–Crippen MR) is 99.4 cm³/mol. The molecule has 7 heteroatoms. The van der Waals surface area contributed by atoms with E-state index in [4.69, 9.17) is 4.74 Å². The Balaban J connectivity index is 2.07. The molecule has 0 aliphatic heterocycles. The third kappa shape index (κ3) is 3.72. The number of rotatable bonds is 6. The highest BCUT2D eigenvalue weighted by atomic mass is 19.1. The van der Waals surface area contributed by atoms with Crippen LogP contribution in [0.1, 0.15) is 25.3 Å². The molecule has 0 radical (unpaired) electrons. The zero-order valence-corrected chi connectivity index (χ0v) is 15.0. The van der Waals surface area contributed by atoms with Gasteiger partial charge in [0, 0.05) is 36.9 Å². The summed E-state index contributed by atoms with van der Waals surface area (Å²) in [6, 6.07) is 6.53. The molecule has 0 bridgehead atoms. The molecule has 6 nitrogen and oxygen atoms in total. The third-order valence-electron chi connectivity index (χ3n) is 4.13. The molecular weight excluding hydrogens is 335 g/mol. The van der Waals surface area contributed by atoms with E-state index in [1.54, 1.807) is 23.9 Å². The van der Waals surface area contributed by atoms with Gasteiger partial charge in [0.25, 0.3) is 5.56 Å². The van der Waals surface area contributed by atoms with Crippen LogP contribution < -0.4 is 10.9 Å². The van der Waals surface area contributed by atoms with Crippen LogP contribution in [0.4, 0.5) is 16.0 Å². The van der Waals surface area contributed by atoms with Gasteiger partial charge in [0.2, 0.25) is 0 Å². The van der Waals surface area contributed by atoms with E-state index in [-0.39, 0.29) is 11.5 Å². The predicted octanol–water partition coefficient (Wildman–Crippen LogP) is 3.44. The molecule has 26 heavy (non-hydrogen) atoms. The van der Waals surface area contributed by atoms with E-state index < -0.39 is 5.82 Å². The fraction of sp³-hybridized carbons (Fsp3) is 0.316. The van der Waals surface area contributed by atoms with Gasteiger partial charge < -0.3 is 14.6 Å². The summed E-state index contributed by atoms with van der Waals surface area (Å²) in [7, 11) is 1.61. The Labute approximate surface area is 150 Å². The number of fused-ring (bicyclic) bond motifs is 1. The smallest absolute Gasteiger partial charge is 0.254 e. The van der Waals surface area contributed by atoms with Gasteiger partial charge in [-0.3, -0.25) is 4.79 Å². The molecule has 0 amide bonds. The van der Waals surface area contributed by atoms with E-state index in [9.17, 15) is 9.18 Å². The minimum Gasteiger partial charge on any atom is -0.383 e. The van der Waals surface area contributed by atoms with Crippen LogP contribution in [0.5, 0.6) is 0 Å². The quantitative estimate of drug-likeness (QED) is 0.733. The summed E-state index contributed by atoms with van der Waals surface area (Å²) in [6.07, 6.45) is 2.85. The van der Waals surface area contributed by atoms with Crippen molar-refractivity contribution in [1.82, 2.24) is 14.5 Å². The van der Waals surface area contributed by atoms with Gasteiger partial charge in [-0.05, 0) is 24.1 Å². The Bertz CT molecular complexity index is 968. The van der Waals surface area contributed by atoms with Crippen LogP contribution in [0.3, 0.4) is 0 Å². The lowest BCUT2D eigenvalue weighted by molar-refractivity contribution is 0.187. The molecule has 0 saturated carbocycles. The average molecular weight is 356 g/mol. The maximum absolute atomic E-state index is 13.0. The van der Waals surface area contributed by atoms with Crippen molar-refractivity contribution in [2.45, 2.75) is 26.3 Å². The van der Waals surface area contributed by atoms with Crippen molar-refractivity contribution in [3.05, 3.63) is 58.4 Å². The van der Waals surface area contributed by atoms with Crippen LogP contribution in [-0.4, -0.2) is 28.3 Å². The molecule has 0 saturated heterocycles. The highest BCUT2D eigenvalue weighted by Crippen LogP contribution is 2.21. The third-order valence-corrected chi connectivity index (χ3v) is 4.13. The first-order valence-corrected chi connectivity index (χ1v) is 8.40. The fourth-order valence-corrected chi connectivity index (χ4v) is 2.76. The SMILES string of the molecule is COCCn1c(=O)c(C(C)C)cc2cnc(Nc3ccc(F)cn3)cc21. The van der Waals surface area contributed by atoms with Crippen molar-refractivity contribution >= 4 is 22.5 Å². The van der Waals surface area contributed by atoms with Crippen LogP contribution in [0.2, 0.25) is 0 Å². The summed E-state index contributed by atoms with van der Waals surface area (Å²) in [4.78, 5) is 21.2. The Kier molecular flexibility index (Phi) is 5.27. The monoisotopic (exact) mass is 356 g/mol. The second kappa shape index (κ2) is 7.61. The molecule has 3 rings (SSSR count). The van der Waals surface area contributed by atoms with E-state index >= 15 is 0 Å². The molecule has 0 spiro atoms. The van der Waals surface area contributed by atoms with Gasteiger partial charge in [0.1, 0.15) is 17.5 Å². The fourth-order valence-electron chi connectivity index (χ4n) is 2.76. The average Bonchev–Trinajstić information content (AvgIpc) is 2.62. The number of nitrogens with one attached hydrogen (secondary N) is 1. The molecule has 3 heterocycles. The molecule has 1 N–H and O–H groups in total. The first-order chi connectivity index (χ1) is 12.5. The number of nitrogens with zero attached hydrogens (tertiary/aromatic N) is 3. The van der Waals surface area contributed by atoms with Gasteiger partial charge >= 0.3 is 0 Å². The molecule has 0 aromatic carbocycles. The molecular formula is C19H21FN4O2. The van der Waals surface area contributed by atoms with Gasteiger partial charge in [0.15, 0.2) is 0 Å². The molecule has 0 fully saturated rings. The van der Waals surface area contributed by atoms with E-state index in [0.29, 0.717) is 24.8 Å². The van der Waals surface area contributed by atoms with Crippen LogP contribution in [0, 0.1) is 5.82 Å². The van der Waals surface area contributed by atoms with Crippen LogP contribution in [0.15, 0.2) is 41.5 Å². The Morgan fingerprint density at radius 2 is 1.96 bits per heavy atom. The van der Waals surface area contributed by atoms with E-state index in [1.807, 2.05) is 19.9 Å². The van der Waals surface area contributed by atoms with Crippen LogP contribution in [0.25, 0.3) is 10.9 Å². The number of halogens is 1. The second-order valence-corrected chi connectivity index (χ2v) is 6.32. The molecule has 0 unspecified atom stereocenters. The lowest BCUT2D eigenvalue weighted by Crippen LogP contribution is -2.26. The van der Waals surface area contributed by atoms with Crippen molar-refractivity contribution in [3.63, 3.8) is 0 Å². The summed E-state index contributed by atoms with van der Waals surface area (Å²) in [6.45, 7) is 4.87. The maximum atomic E-state index is 13.0. The lowest BCUT2D eigenvalue weighted by atomic mass is 10.0. The normalized spacial score (nSPS) is 11.3. The Morgan fingerprint density at radius 3 is 2.62 bits per heavy atom. The summed E-state index contributed by atoms with van der Waals surface area (Å²) >= 11 is 0. The van der Waals surface area contributed by atoms with Gasteiger partial charge in [0.05, 0.1) is 18.3 Å². The number of pyridine rings is 3. The molecule has 136 valence electrons. The zero-order chi connectivity index (χ0) is 18.7. The van der Waals surface area contributed by atoms with Crippen molar-refractivity contribution in [1.29, 1.82) is 0 Å². The minimum atomic E-state index is -0.406. The van der Waals surface area contributed by atoms with Crippen LogP contribution >= 0.6 is 0 Å². The zero-order valence-electron chi connectivity index (χ0n) is 15.0. The number of hydrogen-bond donors (Lipinski definition) is 1. The standard InChI is InChI=1S/C19H21FN4O2/c1-12(2)15-8-13-10-21-18(23-17-5-4-14(20)11-22-17)9-16(13)24(19(15)25)6-7-26-3/h4-5,8-12H,6-7H2,1-3H3,(H,21,22,23). The first-order valence-electron chi connectivity index (χ1n) is 8.40. The first kappa shape index (κ1) is 18.0. The van der Waals surface area contributed by atoms with Crippen molar-refractivity contribution in [3.8, 4) is 0 Å². The largest absolute Gasteiger partial charge is 0.383 e. The van der Waals surface area contributed by atoms with Gasteiger partial charge in [-0.15, -0.1) is 0 Å². The van der Waals surface area contributed by atoms with Gasteiger partial charge in [-0.1, -0.05) is 13.8 Å². The Morgan fingerprint density at radius 1 is 1.19 bits per heavy atom. The second-order valence-electron chi connectivity index (χ2n) is 6.32. The Hall–Kier alpha value is -2.80. The summed E-state index contributed by atoms with van der Waals surface area (Å²) < 4.78 is 19.9. The van der Waals surface area contributed by atoms with E-state index in [1.165, 1.54) is 12.1 Å². The molecule has 3 aromatic rings. The number of methoxy groups -OCH3 is 1. The number of ether oxygens (including phenoxy) is 1. The summed E-state index contributed by atoms with van der Waals surface area (Å²) in [5, 5.41) is 3.90. The highest BCUT2D eigenvalue weighted by Gasteiger charge is 2.13. The van der Waals surface area contributed by atoms with Gasteiger partial charge in [-0.25, -0.2) is 14.4 Å². The molecule has 0 atom stereocenters. The van der Waals surface area contributed by atoms with Crippen molar-refractivity contribution in [2.75, 3.05) is 19.0 Å². The molecule has 0 aliphatic carbocycles. The maximum Gasteiger partial charge on any atom is 0.254 e. The van der Waals surface area contributed by atoms with Crippen molar-refractivity contribution < 1.29 is 9.13 Å². The van der Waals surface area contributed by atoms with E-state index in [0.717, 1.165) is 22.7 Å². The topological polar surface area (TPSA) is 69.0 Å². The minimum absolute atomic E-state index is 0.0263. The number of hydrogen-bond acceptors (Lipinski definition) is 5. The summed E-state index contributed by atoms with van der Waals surface area (Å²) in [5.41, 5.74) is 1.48. The molecule has 0 aliphatic rings. The van der Waals surface area contributed by atoms with Crippen LogP contribution in [-0.2, 0) is 11.3 Å². The lowest BCUT2D eigenvalue weighted by Gasteiger charge is -2.15. The van der Waals surface area contributed by atoms with E-state index in [2.05, 4.69) is 15.3 Å². The van der Waals surface area contributed by atoms with Gasteiger partial charge in [-0.2, -0.15) is 0 Å². The molecule has 3 aromatic heterocycles. The summed E-state index contributed by atoms with van der Waals surface area (Å²) in [5.74, 6) is 0.709. The highest BCUT2D eigenvalue weighted by molar-refractivity contribution is 5.82. The van der Waals surface area contributed by atoms with Crippen molar-refractivity contribution in [2.24, 2.45) is 0 Å². The number of aromatic nitrogens is 3.